The normalized spacial score (nSPS) is 20.2. The maximum absolute atomic E-state index is 14.3. The average Bonchev–Trinajstić information content (AvgIpc) is 2.88. The van der Waals surface area contributed by atoms with E-state index in [1.165, 1.54) is 6.92 Å². The molecule has 0 aromatic heterocycles. The summed E-state index contributed by atoms with van der Waals surface area (Å²) in [6, 6.07) is 14.3. The van der Waals surface area contributed by atoms with Crippen molar-refractivity contribution in [1.29, 1.82) is 0 Å². The van der Waals surface area contributed by atoms with Crippen molar-refractivity contribution in [3.8, 4) is 0 Å². The minimum atomic E-state index is -1.72. The van der Waals surface area contributed by atoms with Crippen LogP contribution in [-0.4, -0.2) is 17.5 Å². The van der Waals surface area contributed by atoms with Gasteiger partial charge in [-0.25, -0.2) is 13.2 Å². The molecule has 0 aliphatic carbocycles. The highest BCUT2D eigenvalue weighted by molar-refractivity contribution is 5.98. The van der Waals surface area contributed by atoms with E-state index in [1.54, 1.807) is 6.07 Å². The van der Waals surface area contributed by atoms with Crippen LogP contribution in [-0.2, 0) is 4.74 Å². The molecule has 1 heterocycles. The van der Waals surface area contributed by atoms with Gasteiger partial charge in [0.15, 0.2) is 5.79 Å². The fourth-order valence-electron chi connectivity index (χ4n) is 3.45. The van der Waals surface area contributed by atoms with Crippen molar-refractivity contribution in [3.05, 3.63) is 83.2 Å². The Morgan fingerprint density at radius 3 is 2.27 bits per heavy atom. The van der Waals surface area contributed by atoms with E-state index < -0.39 is 23.2 Å². The maximum Gasteiger partial charge on any atom is 0.190 e. The van der Waals surface area contributed by atoms with Crippen LogP contribution in [0.2, 0.25) is 0 Å². The van der Waals surface area contributed by atoms with Crippen molar-refractivity contribution in [2.45, 2.75) is 12.7 Å². The lowest BCUT2D eigenvalue weighted by molar-refractivity contribution is -0.123. The van der Waals surface area contributed by atoms with Gasteiger partial charge in [0.25, 0.3) is 0 Å². The highest BCUT2D eigenvalue weighted by Gasteiger charge is 2.39. The van der Waals surface area contributed by atoms with Crippen molar-refractivity contribution in [1.82, 2.24) is 0 Å². The van der Waals surface area contributed by atoms with Crippen LogP contribution in [0.4, 0.5) is 13.2 Å². The molecule has 1 unspecified atom stereocenters. The predicted molar refractivity (Wildman–Crippen MR) is 93.7 cm³/mol. The van der Waals surface area contributed by atoms with E-state index in [9.17, 15) is 18.3 Å². The quantitative estimate of drug-likeness (QED) is 0.707. The van der Waals surface area contributed by atoms with E-state index in [1.807, 2.05) is 36.4 Å². The number of aliphatic hydroxyl groups is 1. The van der Waals surface area contributed by atoms with Gasteiger partial charge in [0, 0.05) is 23.3 Å². The summed E-state index contributed by atoms with van der Waals surface area (Å²) in [5.41, 5.74) is 0.643. The summed E-state index contributed by atoms with van der Waals surface area (Å²) in [6.07, 6.45) is 0. The van der Waals surface area contributed by atoms with E-state index in [2.05, 4.69) is 0 Å². The van der Waals surface area contributed by atoms with Gasteiger partial charge in [-0.1, -0.05) is 36.4 Å². The van der Waals surface area contributed by atoms with Crippen LogP contribution in [0.3, 0.4) is 0 Å². The summed E-state index contributed by atoms with van der Waals surface area (Å²) < 4.78 is 47.3. The molecule has 2 nitrogen and oxygen atoms in total. The Morgan fingerprint density at radius 2 is 1.58 bits per heavy atom. The molecule has 132 valence electrons. The Bertz CT molecular complexity index is 1030. The van der Waals surface area contributed by atoms with Crippen molar-refractivity contribution < 1.29 is 23.0 Å². The minimum absolute atomic E-state index is 0.167. The zero-order chi connectivity index (χ0) is 18.5. The van der Waals surface area contributed by atoms with Gasteiger partial charge < -0.3 is 9.84 Å². The third-order valence-electron chi connectivity index (χ3n) is 4.61. The molecule has 1 N–H and O–H groups in total. The van der Waals surface area contributed by atoms with Crippen LogP contribution in [0.1, 0.15) is 18.1 Å². The number of rotatable bonds is 2. The van der Waals surface area contributed by atoms with Gasteiger partial charge >= 0.3 is 0 Å². The highest BCUT2D eigenvalue weighted by atomic mass is 19.1. The molecule has 1 aliphatic rings. The van der Waals surface area contributed by atoms with Crippen molar-refractivity contribution >= 4 is 21.9 Å². The summed E-state index contributed by atoms with van der Waals surface area (Å²) in [4.78, 5) is 0. The fourth-order valence-corrected chi connectivity index (χ4v) is 3.45. The van der Waals surface area contributed by atoms with Gasteiger partial charge in [0.2, 0.25) is 0 Å². The largest absolute Gasteiger partial charge is 0.362 e. The summed E-state index contributed by atoms with van der Waals surface area (Å²) in [5.74, 6) is -4.78. The first-order chi connectivity index (χ1) is 12.4. The summed E-state index contributed by atoms with van der Waals surface area (Å²) in [5, 5.41) is 12.6. The molecule has 1 aliphatic heterocycles. The van der Waals surface area contributed by atoms with Crippen LogP contribution in [0.5, 0.6) is 0 Å². The topological polar surface area (TPSA) is 29.5 Å². The Hall–Kier alpha value is -2.63. The van der Waals surface area contributed by atoms with Crippen LogP contribution in [0.15, 0.2) is 54.6 Å². The molecule has 3 aromatic carbocycles. The molecule has 0 fully saturated rings. The second-order valence-electron chi connectivity index (χ2n) is 6.43. The van der Waals surface area contributed by atoms with Crippen LogP contribution in [0.25, 0.3) is 21.9 Å². The number of hydrogen-bond acceptors (Lipinski definition) is 2. The van der Waals surface area contributed by atoms with E-state index in [0.29, 0.717) is 17.7 Å². The number of hydrogen-bond donors (Lipinski definition) is 1. The van der Waals surface area contributed by atoms with Crippen molar-refractivity contribution in [2.75, 3.05) is 6.61 Å². The number of halogens is 3. The number of fused-ring (bicyclic) bond motifs is 1. The van der Waals surface area contributed by atoms with E-state index in [0.717, 1.165) is 10.8 Å². The van der Waals surface area contributed by atoms with Gasteiger partial charge in [-0.2, -0.15) is 0 Å². The molecule has 26 heavy (non-hydrogen) atoms. The SMILES string of the molecule is CC1(O)OCC(c2c(F)cc(F)cc2F)=C1c1ccc2ccccc2c1. The first-order valence-electron chi connectivity index (χ1n) is 8.11. The molecule has 1 atom stereocenters. The summed E-state index contributed by atoms with van der Waals surface area (Å²) in [6.45, 7) is 1.23. The average molecular weight is 356 g/mol. The highest BCUT2D eigenvalue weighted by Crippen LogP contribution is 2.43. The van der Waals surface area contributed by atoms with E-state index >= 15 is 0 Å². The first kappa shape index (κ1) is 16.8. The monoisotopic (exact) mass is 356 g/mol. The van der Waals surface area contributed by atoms with Crippen LogP contribution in [0, 0.1) is 17.5 Å². The maximum atomic E-state index is 14.3. The molecule has 0 saturated heterocycles. The minimum Gasteiger partial charge on any atom is -0.362 e. The zero-order valence-electron chi connectivity index (χ0n) is 13.9. The Kier molecular flexibility index (Phi) is 3.86. The Balaban J connectivity index is 1.98. The molecule has 4 rings (SSSR count). The molecule has 0 amide bonds. The van der Waals surface area contributed by atoms with Crippen molar-refractivity contribution in [2.24, 2.45) is 0 Å². The van der Waals surface area contributed by atoms with Crippen molar-refractivity contribution in [3.63, 3.8) is 0 Å². The van der Waals surface area contributed by atoms with E-state index in [-0.39, 0.29) is 23.3 Å². The van der Waals surface area contributed by atoms with Crippen LogP contribution >= 0.6 is 0 Å². The molecule has 0 saturated carbocycles. The molecule has 0 bridgehead atoms. The lowest BCUT2D eigenvalue weighted by Gasteiger charge is -2.21. The molecule has 0 radical (unpaired) electrons. The van der Waals surface area contributed by atoms with Gasteiger partial charge in [0.05, 0.1) is 12.2 Å². The first-order valence-corrected chi connectivity index (χ1v) is 8.11. The number of ether oxygens (including phenoxy) is 1. The molecular weight excluding hydrogens is 341 g/mol. The summed E-state index contributed by atoms with van der Waals surface area (Å²) in [7, 11) is 0. The van der Waals surface area contributed by atoms with E-state index in [4.69, 9.17) is 4.74 Å². The third kappa shape index (κ3) is 2.69. The van der Waals surface area contributed by atoms with Gasteiger partial charge in [-0.15, -0.1) is 0 Å². The molecular formula is C21H15F3O2. The fraction of sp³-hybridized carbons (Fsp3) is 0.143. The lowest BCUT2D eigenvalue weighted by atomic mass is 9.90. The smallest absolute Gasteiger partial charge is 0.190 e. The molecule has 3 aromatic rings. The predicted octanol–water partition coefficient (Wildman–Crippen LogP) is 4.91. The standard InChI is InChI=1S/C21H15F3O2/c1-21(25)20(14-7-6-12-4-2-3-5-13(12)8-14)16(11-26-21)19-17(23)9-15(22)10-18(19)24/h2-10,25H,11H2,1H3. The Morgan fingerprint density at radius 1 is 0.923 bits per heavy atom. The molecule has 5 heteroatoms. The second-order valence-corrected chi connectivity index (χ2v) is 6.43. The number of benzene rings is 3. The second kappa shape index (κ2) is 5.97. The van der Waals surface area contributed by atoms with Gasteiger partial charge in [-0.3, -0.25) is 0 Å². The van der Waals surface area contributed by atoms with Crippen LogP contribution < -0.4 is 0 Å². The lowest BCUT2D eigenvalue weighted by Crippen LogP contribution is -2.25. The third-order valence-corrected chi connectivity index (χ3v) is 4.61. The van der Waals surface area contributed by atoms with Gasteiger partial charge in [-0.05, 0) is 29.3 Å². The zero-order valence-corrected chi connectivity index (χ0v) is 13.9. The molecule has 0 spiro atoms. The summed E-state index contributed by atoms with van der Waals surface area (Å²) >= 11 is 0. The Labute approximate surface area is 148 Å². The van der Waals surface area contributed by atoms with Gasteiger partial charge in [0.1, 0.15) is 17.5 Å².